The number of carbonyl (C=O) groups is 1. The summed E-state index contributed by atoms with van der Waals surface area (Å²) in [5.41, 5.74) is 6.26. The third-order valence-corrected chi connectivity index (χ3v) is 8.09. The highest BCUT2D eigenvalue weighted by atomic mass is 19.4. The van der Waals surface area contributed by atoms with Crippen LogP contribution in [-0.2, 0) is 20.9 Å². The number of carbonyl (C=O) groups excluding carboxylic acids is 1. The minimum Gasteiger partial charge on any atom is -0.381 e. The van der Waals surface area contributed by atoms with Gasteiger partial charge in [0.2, 0.25) is 5.91 Å². The summed E-state index contributed by atoms with van der Waals surface area (Å²) >= 11 is 0. The molecule has 5 atom stereocenters. The molecule has 0 aromatic carbocycles. The summed E-state index contributed by atoms with van der Waals surface area (Å²) in [6.07, 6.45) is 3.78. The van der Waals surface area contributed by atoms with E-state index in [0.717, 1.165) is 55.9 Å². The summed E-state index contributed by atoms with van der Waals surface area (Å²) in [5, 5.41) is 3.08. The second-order valence-electron chi connectivity index (χ2n) is 11.1. The summed E-state index contributed by atoms with van der Waals surface area (Å²) in [6, 6.07) is 4.04. The van der Waals surface area contributed by atoms with Crippen molar-refractivity contribution in [2.45, 2.75) is 69.6 Å². The smallest absolute Gasteiger partial charge is 0.381 e. The maximum Gasteiger partial charge on any atom is 0.416 e. The van der Waals surface area contributed by atoms with Crippen LogP contribution in [0.25, 0.3) is 0 Å². The second kappa shape index (κ2) is 12.0. The first-order chi connectivity index (χ1) is 19.1. The number of alkyl halides is 3. The highest BCUT2D eigenvalue weighted by Gasteiger charge is 2.46. The van der Waals surface area contributed by atoms with Crippen molar-refractivity contribution in [2.24, 2.45) is 10.9 Å². The first-order valence-electron chi connectivity index (χ1n) is 13.8. The van der Waals surface area contributed by atoms with Crippen LogP contribution in [0.3, 0.4) is 0 Å². The fourth-order valence-electron chi connectivity index (χ4n) is 5.72. The van der Waals surface area contributed by atoms with Crippen LogP contribution in [0.15, 0.2) is 47.1 Å². The van der Waals surface area contributed by atoms with E-state index in [2.05, 4.69) is 31.0 Å². The van der Waals surface area contributed by atoms with E-state index in [-0.39, 0.29) is 24.6 Å². The number of halogens is 3. The van der Waals surface area contributed by atoms with Crippen LogP contribution in [0.1, 0.15) is 37.4 Å². The molecule has 0 radical (unpaired) electrons. The van der Waals surface area contributed by atoms with Gasteiger partial charge in [0.05, 0.1) is 35.8 Å². The number of fused-ring (bicyclic) bond motifs is 1. The molecule has 3 fully saturated rings. The van der Waals surface area contributed by atoms with Crippen LogP contribution < -0.4 is 16.2 Å². The number of hydrazine groups is 1. The van der Waals surface area contributed by atoms with Gasteiger partial charge in [0, 0.05) is 44.2 Å². The van der Waals surface area contributed by atoms with E-state index in [4.69, 9.17) is 9.47 Å². The summed E-state index contributed by atoms with van der Waals surface area (Å²) < 4.78 is 51.9. The molecule has 1 aromatic heterocycles. The number of rotatable bonds is 7. The molecule has 3 unspecified atom stereocenters. The highest BCUT2D eigenvalue weighted by molar-refractivity contribution is 5.92. The molecule has 40 heavy (non-hydrogen) atoms. The number of hydrogen-bond donors (Lipinski definition) is 3. The number of nitrogens with zero attached hydrogens (tertiary/aromatic N) is 3. The zero-order valence-electron chi connectivity index (χ0n) is 22.8. The van der Waals surface area contributed by atoms with Crippen LogP contribution in [0.5, 0.6) is 0 Å². The number of aryl methyl sites for hydroxylation is 1. The lowest BCUT2D eigenvalue weighted by molar-refractivity contribution is -0.121. The Morgan fingerprint density at radius 3 is 2.92 bits per heavy atom. The minimum atomic E-state index is -4.45. The Labute approximate surface area is 232 Å². The fourth-order valence-corrected chi connectivity index (χ4v) is 5.72. The molecule has 4 aliphatic rings. The molecular weight excluding hydrogens is 525 g/mol. The quantitative estimate of drug-likeness (QED) is 0.470. The van der Waals surface area contributed by atoms with Gasteiger partial charge >= 0.3 is 6.18 Å². The summed E-state index contributed by atoms with van der Waals surface area (Å²) in [7, 11) is 0. The Morgan fingerprint density at radius 1 is 1.30 bits per heavy atom. The van der Waals surface area contributed by atoms with Crippen molar-refractivity contribution in [1.29, 1.82) is 0 Å². The number of likely N-dealkylation sites (tertiary alicyclic amines) is 1. The van der Waals surface area contributed by atoms with Crippen LogP contribution >= 0.6 is 0 Å². The molecule has 12 heteroatoms. The molecule has 9 nitrogen and oxygen atoms in total. The van der Waals surface area contributed by atoms with Crippen molar-refractivity contribution >= 4 is 11.7 Å². The fraction of sp³-hybridized carbons (Fsp3) is 0.607. The lowest BCUT2D eigenvalue weighted by Crippen LogP contribution is -2.45. The molecule has 1 aliphatic carbocycles. The van der Waals surface area contributed by atoms with Gasteiger partial charge in [-0.2, -0.15) is 13.2 Å². The Hall–Kier alpha value is -2.80. The molecule has 0 bridgehead atoms. The lowest BCUT2D eigenvalue weighted by atomic mass is 9.81. The van der Waals surface area contributed by atoms with Gasteiger partial charge in [0.25, 0.3) is 0 Å². The van der Waals surface area contributed by atoms with Crippen molar-refractivity contribution < 1.29 is 27.4 Å². The zero-order chi connectivity index (χ0) is 28.3. The molecular formula is C28H37F3N6O3. The van der Waals surface area contributed by atoms with Crippen molar-refractivity contribution in [3.8, 4) is 0 Å². The first-order valence-corrected chi connectivity index (χ1v) is 13.8. The molecule has 0 spiro atoms. The molecule has 218 valence electrons. The van der Waals surface area contributed by atoms with E-state index in [0.29, 0.717) is 31.6 Å². The van der Waals surface area contributed by atoms with Crippen molar-refractivity contribution in [2.75, 3.05) is 32.8 Å². The second-order valence-corrected chi connectivity index (χ2v) is 11.1. The Bertz CT molecular complexity index is 1150. The Balaban J connectivity index is 1.24. The van der Waals surface area contributed by atoms with E-state index >= 15 is 0 Å². The van der Waals surface area contributed by atoms with E-state index in [1.165, 1.54) is 6.08 Å². The number of hydrogen-bond acceptors (Lipinski definition) is 7. The molecule has 0 saturated carbocycles. The Morgan fingerprint density at radius 2 is 2.15 bits per heavy atom. The average Bonchev–Trinajstić information content (AvgIpc) is 3.33. The lowest BCUT2D eigenvalue weighted by Gasteiger charge is -2.28. The van der Waals surface area contributed by atoms with E-state index in [1.807, 2.05) is 19.1 Å². The van der Waals surface area contributed by atoms with Gasteiger partial charge in [-0.25, -0.2) is 5.43 Å². The summed E-state index contributed by atoms with van der Waals surface area (Å²) in [4.78, 5) is 24.1. The largest absolute Gasteiger partial charge is 0.416 e. The third-order valence-electron chi connectivity index (χ3n) is 8.09. The molecule has 1 amide bonds. The maximum atomic E-state index is 13.3. The summed E-state index contributed by atoms with van der Waals surface area (Å²) in [6.45, 7) is 6.70. The molecule has 5 rings (SSSR count). The van der Waals surface area contributed by atoms with E-state index in [1.54, 1.807) is 13.1 Å². The molecule has 3 aliphatic heterocycles. The van der Waals surface area contributed by atoms with E-state index < -0.39 is 23.2 Å². The van der Waals surface area contributed by atoms with Gasteiger partial charge in [0.15, 0.2) is 0 Å². The van der Waals surface area contributed by atoms with Crippen LogP contribution in [0.4, 0.5) is 13.2 Å². The van der Waals surface area contributed by atoms with Crippen molar-refractivity contribution in [3.63, 3.8) is 0 Å². The number of allylic oxidation sites excluding steroid dienone is 2. The number of amidine groups is 1. The molecule has 1 aromatic rings. The topological polar surface area (TPSA) is 100 Å². The Kier molecular flexibility index (Phi) is 8.60. The highest BCUT2D eigenvalue weighted by Crippen LogP contribution is 2.37. The third kappa shape index (κ3) is 6.73. The van der Waals surface area contributed by atoms with Crippen LogP contribution in [-0.4, -0.2) is 84.4 Å². The number of aliphatic imine (C=N–C) groups is 1. The molecule has 3 saturated heterocycles. The number of pyridine rings is 1. The zero-order valence-corrected chi connectivity index (χ0v) is 22.8. The first kappa shape index (κ1) is 28.7. The number of ether oxygens (including phenoxy) is 2. The summed E-state index contributed by atoms with van der Waals surface area (Å²) in [5.74, 6) is -0.675. The normalized spacial score (nSPS) is 31.9. The van der Waals surface area contributed by atoms with Crippen molar-refractivity contribution in [1.82, 2.24) is 26.1 Å². The van der Waals surface area contributed by atoms with Crippen molar-refractivity contribution in [3.05, 3.63) is 53.4 Å². The monoisotopic (exact) mass is 562 g/mol. The standard InChI is InChI=1S/C28H37F3N6O3/c1-18-5-6-19(13-32-18)17-40-24-16-37(21-4-3-10-39-11-8-21)15-23(24)34-25(38)14-33-26-22-12-20(28(29,30)31)7-9-27(22,2)36-35-26/h5-7,9,12-13,21-24,36H,3-4,8,10-11,14-17H2,1-2H3,(H,33,35)(H,34,38)/t21?,22?,23?,24-,27-/m0/s1. The van der Waals surface area contributed by atoms with Gasteiger partial charge in [-0.15, -0.1) is 0 Å². The van der Waals surface area contributed by atoms with Gasteiger partial charge in [-0.05, 0) is 44.7 Å². The average molecular weight is 563 g/mol. The van der Waals surface area contributed by atoms with Gasteiger partial charge < -0.3 is 20.2 Å². The minimum absolute atomic E-state index is 0.210. The van der Waals surface area contributed by atoms with Crippen LogP contribution in [0, 0.1) is 12.8 Å². The van der Waals surface area contributed by atoms with E-state index in [9.17, 15) is 18.0 Å². The predicted molar refractivity (Wildman–Crippen MR) is 143 cm³/mol. The number of aromatic nitrogens is 1. The molecule has 4 heterocycles. The predicted octanol–water partition coefficient (Wildman–Crippen LogP) is 2.58. The van der Waals surface area contributed by atoms with Gasteiger partial charge in [-0.1, -0.05) is 24.3 Å². The number of nitrogens with one attached hydrogen (secondary N) is 3. The van der Waals surface area contributed by atoms with Crippen LogP contribution in [0.2, 0.25) is 0 Å². The molecule has 3 N–H and O–H groups in total. The van der Waals surface area contributed by atoms with Gasteiger partial charge in [-0.3, -0.25) is 19.7 Å². The van der Waals surface area contributed by atoms with Gasteiger partial charge in [0.1, 0.15) is 12.4 Å². The SMILES string of the molecule is Cc1ccc(CO[C@H]2CN(C3CCCOCC3)CC2NC(=O)CN=C2NN[C@@]3(C)C=CC(C(F)(F)F)=CC23)cn1. The number of amides is 1. The maximum absolute atomic E-state index is 13.3.